The molecular weight excluding hydrogens is 207 g/mol. The second-order valence-corrected chi connectivity index (χ2v) is 3.88. The number of methoxy groups -OCH3 is 1. The number of rotatable bonds is 2. The maximum atomic E-state index is 13.4. The standard InChI is InChI=1S/C10H12ClFO2/c1-10(2,13)8-6(12)4-5-7(14-3)9(8)11/h4-5,13H,1-3H3. The molecule has 0 radical (unpaired) electrons. The van der Waals surface area contributed by atoms with Gasteiger partial charge in [-0.15, -0.1) is 0 Å². The summed E-state index contributed by atoms with van der Waals surface area (Å²) in [5, 5.41) is 9.80. The molecule has 0 aliphatic rings. The molecule has 0 aliphatic heterocycles. The Morgan fingerprint density at radius 3 is 2.43 bits per heavy atom. The van der Waals surface area contributed by atoms with Gasteiger partial charge in [-0.05, 0) is 26.0 Å². The Bertz CT molecular complexity index is 345. The molecule has 1 N–H and O–H groups in total. The van der Waals surface area contributed by atoms with Crippen LogP contribution in [0.2, 0.25) is 5.02 Å². The van der Waals surface area contributed by atoms with E-state index in [1.165, 1.54) is 33.1 Å². The Morgan fingerprint density at radius 1 is 1.43 bits per heavy atom. The van der Waals surface area contributed by atoms with Crippen LogP contribution in [0.25, 0.3) is 0 Å². The lowest BCUT2D eigenvalue weighted by molar-refractivity contribution is 0.0744. The maximum Gasteiger partial charge on any atom is 0.138 e. The Morgan fingerprint density at radius 2 is 2.00 bits per heavy atom. The first-order chi connectivity index (χ1) is 6.38. The molecule has 0 fully saturated rings. The highest BCUT2D eigenvalue weighted by Gasteiger charge is 2.25. The molecule has 0 aromatic heterocycles. The molecule has 0 amide bonds. The monoisotopic (exact) mass is 218 g/mol. The summed E-state index contributed by atoms with van der Waals surface area (Å²) in [6, 6.07) is 2.64. The summed E-state index contributed by atoms with van der Waals surface area (Å²) in [5.74, 6) is -0.187. The molecular formula is C10H12ClFO2. The molecule has 0 spiro atoms. The molecule has 2 nitrogen and oxygen atoms in total. The fourth-order valence-electron chi connectivity index (χ4n) is 1.25. The minimum Gasteiger partial charge on any atom is -0.495 e. The minimum absolute atomic E-state index is 0.0542. The summed E-state index contributed by atoms with van der Waals surface area (Å²) in [6.07, 6.45) is 0. The third-order valence-corrected chi connectivity index (χ3v) is 2.26. The average Bonchev–Trinajstić information content (AvgIpc) is 2.02. The number of halogens is 2. The first kappa shape index (κ1) is 11.3. The van der Waals surface area contributed by atoms with E-state index >= 15 is 0 Å². The predicted molar refractivity (Wildman–Crippen MR) is 53.2 cm³/mol. The van der Waals surface area contributed by atoms with Gasteiger partial charge < -0.3 is 9.84 Å². The third-order valence-electron chi connectivity index (χ3n) is 1.89. The van der Waals surface area contributed by atoms with Gasteiger partial charge in [0.15, 0.2) is 0 Å². The van der Waals surface area contributed by atoms with Crippen molar-refractivity contribution in [2.75, 3.05) is 7.11 Å². The van der Waals surface area contributed by atoms with Crippen molar-refractivity contribution in [3.8, 4) is 5.75 Å². The summed E-state index contributed by atoms with van der Waals surface area (Å²) in [7, 11) is 1.44. The van der Waals surface area contributed by atoms with Crippen LogP contribution >= 0.6 is 11.6 Å². The topological polar surface area (TPSA) is 29.5 Å². The van der Waals surface area contributed by atoms with Crippen molar-refractivity contribution in [1.82, 2.24) is 0 Å². The lowest BCUT2D eigenvalue weighted by atomic mass is 9.97. The van der Waals surface area contributed by atoms with Gasteiger partial charge in [0.05, 0.1) is 17.7 Å². The summed E-state index contributed by atoms with van der Waals surface area (Å²) < 4.78 is 18.3. The van der Waals surface area contributed by atoms with Crippen molar-refractivity contribution < 1.29 is 14.2 Å². The van der Waals surface area contributed by atoms with Gasteiger partial charge in [-0.2, -0.15) is 0 Å². The maximum absolute atomic E-state index is 13.4. The second-order valence-electron chi connectivity index (χ2n) is 3.50. The SMILES string of the molecule is COc1ccc(F)c(C(C)(C)O)c1Cl. The van der Waals surface area contributed by atoms with Crippen molar-refractivity contribution in [3.05, 3.63) is 28.5 Å². The Kier molecular flexibility index (Phi) is 3.02. The van der Waals surface area contributed by atoms with Gasteiger partial charge in [-0.25, -0.2) is 4.39 Å². The molecule has 1 aromatic rings. The molecule has 0 unspecified atom stereocenters. The zero-order valence-corrected chi connectivity index (χ0v) is 9.02. The van der Waals surface area contributed by atoms with Crippen LogP contribution < -0.4 is 4.74 Å². The van der Waals surface area contributed by atoms with Crippen molar-refractivity contribution in [2.24, 2.45) is 0 Å². The molecule has 4 heteroatoms. The van der Waals surface area contributed by atoms with E-state index < -0.39 is 11.4 Å². The number of hydrogen-bond acceptors (Lipinski definition) is 2. The van der Waals surface area contributed by atoms with Gasteiger partial charge in [-0.3, -0.25) is 0 Å². The highest BCUT2D eigenvalue weighted by molar-refractivity contribution is 6.33. The highest BCUT2D eigenvalue weighted by Crippen LogP contribution is 2.36. The Balaban J connectivity index is 3.40. The summed E-state index contributed by atoms with van der Waals surface area (Å²) in [5.41, 5.74) is -1.27. The lowest BCUT2D eigenvalue weighted by Crippen LogP contribution is -2.18. The van der Waals surface area contributed by atoms with E-state index in [0.29, 0.717) is 5.75 Å². The molecule has 0 heterocycles. The van der Waals surface area contributed by atoms with Crippen molar-refractivity contribution in [2.45, 2.75) is 19.4 Å². The van der Waals surface area contributed by atoms with E-state index in [1.54, 1.807) is 0 Å². The van der Waals surface area contributed by atoms with Crippen LogP contribution in [-0.2, 0) is 5.60 Å². The van der Waals surface area contributed by atoms with E-state index in [2.05, 4.69) is 0 Å². The lowest BCUT2D eigenvalue weighted by Gasteiger charge is -2.21. The second kappa shape index (κ2) is 3.75. The van der Waals surface area contributed by atoms with Crippen LogP contribution in [-0.4, -0.2) is 12.2 Å². The van der Waals surface area contributed by atoms with E-state index in [0.717, 1.165) is 0 Å². The van der Waals surface area contributed by atoms with Crippen LogP contribution in [0.3, 0.4) is 0 Å². The van der Waals surface area contributed by atoms with Gasteiger partial charge in [0, 0.05) is 5.56 Å². The van der Waals surface area contributed by atoms with Crippen LogP contribution in [0.4, 0.5) is 4.39 Å². The van der Waals surface area contributed by atoms with Crippen LogP contribution in [0.5, 0.6) is 5.75 Å². The van der Waals surface area contributed by atoms with Gasteiger partial charge in [0.2, 0.25) is 0 Å². The Labute approximate surface area is 87.3 Å². The molecule has 0 saturated heterocycles. The van der Waals surface area contributed by atoms with Gasteiger partial charge >= 0.3 is 0 Å². The number of benzene rings is 1. The third kappa shape index (κ3) is 1.99. The molecule has 14 heavy (non-hydrogen) atoms. The quantitative estimate of drug-likeness (QED) is 0.827. The van der Waals surface area contributed by atoms with E-state index in [1.807, 2.05) is 0 Å². The number of aliphatic hydroxyl groups is 1. The molecule has 78 valence electrons. The molecule has 0 saturated carbocycles. The zero-order chi connectivity index (χ0) is 10.9. The van der Waals surface area contributed by atoms with Crippen molar-refractivity contribution in [3.63, 3.8) is 0 Å². The predicted octanol–water partition coefficient (Wildman–Crippen LogP) is 2.72. The smallest absolute Gasteiger partial charge is 0.138 e. The molecule has 0 aliphatic carbocycles. The molecule has 0 atom stereocenters. The normalized spacial score (nSPS) is 11.6. The summed E-state index contributed by atoms with van der Waals surface area (Å²) >= 11 is 5.87. The van der Waals surface area contributed by atoms with Crippen LogP contribution in [0.15, 0.2) is 12.1 Å². The largest absolute Gasteiger partial charge is 0.495 e. The zero-order valence-electron chi connectivity index (χ0n) is 8.27. The first-order valence-electron chi connectivity index (χ1n) is 4.12. The average molecular weight is 219 g/mol. The fourth-order valence-corrected chi connectivity index (χ4v) is 1.71. The van der Waals surface area contributed by atoms with E-state index in [9.17, 15) is 9.50 Å². The van der Waals surface area contributed by atoms with Gasteiger partial charge in [0.25, 0.3) is 0 Å². The first-order valence-corrected chi connectivity index (χ1v) is 4.50. The highest BCUT2D eigenvalue weighted by atomic mass is 35.5. The van der Waals surface area contributed by atoms with Gasteiger partial charge in [0.1, 0.15) is 11.6 Å². The summed E-state index contributed by atoms with van der Waals surface area (Å²) in [4.78, 5) is 0. The molecule has 1 rings (SSSR count). The van der Waals surface area contributed by atoms with Gasteiger partial charge in [-0.1, -0.05) is 11.6 Å². The number of hydrogen-bond donors (Lipinski definition) is 1. The number of ether oxygens (including phenoxy) is 1. The minimum atomic E-state index is -1.32. The molecule has 1 aromatic carbocycles. The van der Waals surface area contributed by atoms with Crippen molar-refractivity contribution in [1.29, 1.82) is 0 Å². The summed E-state index contributed by atoms with van der Waals surface area (Å²) in [6.45, 7) is 2.94. The van der Waals surface area contributed by atoms with E-state index in [-0.39, 0.29) is 10.6 Å². The van der Waals surface area contributed by atoms with Crippen LogP contribution in [0, 0.1) is 5.82 Å². The fraction of sp³-hybridized carbons (Fsp3) is 0.400. The Hall–Kier alpha value is -0.800. The van der Waals surface area contributed by atoms with E-state index in [4.69, 9.17) is 16.3 Å². The van der Waals surface area contributed by atoms with Crippen LogP contribution in [0.1, 0.15) is 19.4 Å². The molecule has 0 bridgehead atoms. The van der Waals surface area contributed by atoms with Crippen molar-refractivity contribution >= 4 is 11.6 Å².